The van der Waals surface area contributed by atoms with Crippen LogP contribution in [0.3, 0.4) is 0 Å². The Hall–Kier alpha value is -3.01. The third kappa shape index (κ3) is 3.96. The highest BCUT2D eigenvalue weighted by molar-refractivity contribution is 6.32. The molecule has 1 aliphatic carbocycles. The van der Waals surface area contributed by atoms with Gasteiger partial charge in [-0.3, -0.25) is 9.69 Å². The number of methoxy groups -OCH3 is 1. The molecule has 2 aromatic rings. The van der Waals surface area contributed by atoms with E-state index in [0.717, 1.165) is 25.0 Å². The van der Waals surface area contributed by atoms with Gasteiger partial charge in [-0.1, -0.05) is 24.6 Å². The van der Waals surface area contributed by atoms with Crippen LogP contribution in [0.15, 0.2) is 23.2 Å². The van der Waals surface area contributed by atoms with Gasteiger partial charge in [0.1, 0.15) is 22.2 Å². The molecule has 11 heteroatoms. The third-order valence-corrected chi connectivity index (χ3v) is 6.64. The molecule has 1 aromatic carbocycles. The van der Waals surface area contributed by atoms with E-state index in [2.05, 4.69) is 15.0 Å². The van der Waals surface area contributed by atoms with Gasteiger partial charge in [0.2, 0.25) is 17.7 Å². The number of aliphatic imine (C=N–C) groups is 1. The van der Waals surface area contributed by atoms with Crippen LogP contribution in [0.25, 0.3) is 0 Å². The maximum Gasteiger partial charge on any atom is 0.237 e. The largest absolute Gasteiger partial charge is 0.480 e. The Morgan fingerprint density at radius 1 is 1.33 bits per heavy atom. The summed E-state index contributed by atoms with van der Waals surface area (Å²) in [5, 5.41) is 0.363. The first kappa shape index (κ1) is 23.2. The highest BCUT2D eigenvalue weighted by Gasteiger charge is 2.49. The highest BCUT2D eigenvalue weighted by Crippen LogP contribution is 2.45. The van der Waals surface area contributed by atoms with E-state index in [9.17, 15) is 9.18 Å². The van der Waals surface area contributed by atoms with Crippen LogP contribution in [0, 0.1) is 17.6 Å². The van der Waals surface area contributed by atoms with E-state index >= 15 is 4.39 Å². The van der Waals surface area contributed by atoms with Crippen LogP contribution in [0.4, 0.5) is 14.7 Å². The molecule has 0 saturated heterocycles. The topological polar surface area (TPSA) is 96.9 Å². The number of halogens is 3. The van der Waals surface area contributed by atoms with Crippen molar-refractivity contribution in [1.29, 1.82) is 0 Å². The number of guanidine groups is 1. The summed E-state index contributed by atoms with van der Waals surface area (Å²) >= 11 is 6.41. The summed E-state index contributed by atoms with van der Waals surface area (Å²) in [5.74, 6) is -2.03. The van der Waals surface area contributed by atoms with Crippen molar-refractivity contribution in [2.24, 2.45) is 16.6 Å². The minimum absolute atomic E-state index is 0.00804. The quantitative estimate of drug-likeness (QED) is 0.685. The van der Waals surface area contributed by atoms with Crippen molar-refractivity contribution >= 4 is 29.4 Å². The fourth-order valence-electron chi connectivity index (χ4n) is 4.17. The smallest absolute Gasteiger partial charge is 0.237 e. The van der Waals surface area contributed by atoms with Crippen molar-refractivity contribution in [3.05, 3.63) is 46.1 Å². The van der Waals surface area contributed by atoms with Gasteiger partial charge >= 0.3 is 0 Å². The van der Waals surface area contributed by atoms with E-state index in [1.807, 2.05) is 0 Å². The average Bonchev–Trinajstić information content (AvgIpc) is 3.61. The monoisotopic (exact) mass is 478 g/mol. The fraction of sp³-hybridized carbons (Fsp3) is 0.455. The molecule has 2 N–H and O–H groups in total. The number of carbonyl (C=O) groups is 1. The molecular formula is C22H25ClF2N6O2. The summed E-state index contributed by atoms with van der Waals surface area (Å²) in [4.78, 5) is 29.5. The maximum atomic E-state index is 15.0. The van der Waals surface area contributed by atoms with Crippen molar-refractivity contribution in [1.82, 2.24) is 14.9 Å². The standard InChI is InChI=1S/C22H25ClF2N6O2/c1-11-19(32)31(3)20(26)29-22(11,14-8-7-13(24)9-15(14)25)10-30(2)21-27-17(12-5-6-12)16(23)18(28-21)33-4/h7-9,11-12H,5-6,10H2,1-4H3,(H2,26,29)/t11-,22-/m0/s1. The molecule has 33 heavy (non-hydrogen) atoms. The maximum absolute atomic E-state index is 15.0. The number of likely N-dealkylation sites (N-methyl/N-ethyl adjacent to an activating group) is 1. The highest BCUT2D eigenvalue weighted by atomic mass is 35.5. The zero-order valence-corrected chi connectivity index (χ0v) is 19.5. The Labute approximate surface area is 195 Å². The molecule has 4 rings (SSSR count). The lowest BCUT2D eigenvalue weighted by molar-refractivity contribution is -0.133. The number of rotatable bonds is 6. The number of amides is 1. The molecule has 0 bridgehead atoms. The van der Waals surface area contributed by atoms with E-state index < -0.39 is 23.1 Å². The lowest BCUT2D eigenvalue weighted by atomic mass is 9.76. The minimum atomic E-state index is -1.45. The molecule has 0 spiro atoms. The number of hydrogen-bond acceptors (Lipinski definition) is 7. The van der Waals surface area contributed by atoms with Crippen molar-refractivity contribution in [3.8, 4) is 5.88 Å². The Morgan fingerprint density at radius 2 is 2.03 bits per heavy atom. The molecule has 2 aliphatic rings. The number of aromatic nitrogens is 2. The van der Waals surface area contributed by atoms with Crippen LogP contribution in [0.2, 0.25) is 5.02 Å². The number of nitrogens with two attached hydrogens (primary N) is 1. The van der Waals surface area contributed by atoms with Gasteiger partial charge < -0.3 is 15.4 Å². The summed E-state index contributed by atoms with van der Waals surface area (Å²) in [6.07, 6.45) is 1.93. The third-order valence-electron chi connectivity index (χ3n) is 6.28. The second-order valence-corrected chi connectivity index (χ2v) is 8.88. The molecule has 1 aliphatic heterocycles. The SMILES string of the molecule is COc1nc(N(C)C[C@]2(c3ccc(F)cc3F)N=C(N)N(C)C(=O)[C@@H]2C)nc(C2CC2)c1Cl. The van der Waals surface area contributed by atoms with Gasteiger partial charge in [-0.25, -0.2) is 18.8 Å². The predicted octanol–water partition coefficient (Wildman–Crippen LogP) is 3.05. The molecule has 8 nitrogen and oxygen atoms in total. The van der Waals surface area contributed by atoms with E-state index in [0.29, 0.717) is 10.7 Å². The van der Waals surface area contributed by atoms with E-state index in [4.69, 9.17) is 22.1 Å². The van der Waals surface area contributed by atoms with Crippen LogP contribution >= 0.6 is 11.6 Å². The fourth-order valence-corrected chi connectivity index (χ4v) is 4.49. The zero-order valence-electron chi connectivity index (χ0n) is 18.8. The first-order valence-electron chi connectivity index (χ1n) is 10.5. The lowest BCUT2D eigenvalue weighted by Gasteiger charge is -2.43. The minimum Gasteiger partial charge on any atom is -0.480 e. The van der Waals surface area contributed by atoms with E-state index in [1.54, 1.807) is 18.9 Å². The number of ether oxygens (including phenoxy) is 1. The number of hydrogen-bond donors (Lipinski definition) is 1. The van der Waals surface area contributed by atoms with Gasteiger partial charge in [0.15, 0.2) is 5.96 Å². The van der Waals surface area contributed by atoms with Gasteiger partial charge in [-0.15, -0.1) is 0 Å². The van der Waals surface area contributed by atoms with Crippen molar-refractivity contribution in [2.75, 3.05) is 32.6 Å². The van der Waals surface area contributed by atoms with Crippen LogP contribution < -0.4 is 15.4 Å². The molecule has 0 unspecified atom stereocenters. The van der Waals surface area contributed by atoms with Gasteiger partial charge in [0.25, 0.3) is 0 Å². The number of anilines is 1. The van der Waals surface area contributed by atoms with Gasteiger partial charge in [-0.05, 0) is 18.9 Å². The number of carbonyl (C=O) groups excluding carboxylic acids is 1. The Bertz CT molecular complexity index is 1140. The summed E-state index contributed by atoms with van der Waals surface area (Å²) in [6.45, 7) is 1.64. The predicted molar refractivity (Wildman–Crippen MR) is 120 cm³/mol. The zero-order chi connectivity index (χ0) is 24.1. The van der Waals surface area contributed by atoms with Crippen LogP contribution in [-0.4, -0.2) is 54.5 Å². The normalized spacial score (nSPS) is 22.9. The second-order valence-electron chi connectivity index (χ2n) is 8.50. The lowest BCUT2D eigenvalue weighted by Crippen LogP contribution is -2.57. The summed E-state index contributed by atoms with van der Waals surface area (Å²) in [6, 6.07) is 3.20. The molecule has 1 saturated carbocycles. The van der Waals surface area contributed by atoms with Gasteiger partial charge in [0.05, 0.1) is 25.3 Å². The summed E-state index contributed by atoms with van der Waals surface area (Å²) in [7, 11) is 4.66. The molecule has 176 valence electrons. The van der Waals surface area contributed by atoms with Gasteiger partial charge in [0, 0.05) is 31.6 Å². The van der Waals surface area contributed by atoms with Crippen LogP contribution in [-0.2, 0) is 10.3 Å². The molecule has 2 atom stereocenters. The van der Waals surface area contributed by atoms with Crippen molar-refractivity contribution in [3.63, 3.8) is 0 Å². The first-order valence-corrected chi connectivity index (χ1v) is 10.9. The van der Waals surface area contributed by atoms with Crippen LogP contribution in [0.5, 0.6) is 5.88 Å². The average molecular weight is 479 g/mol. The number of benzene rings is 1. The molecule has 2 heterocycles. The summed E-state index contributed by atoms with van der Waals surface area (Å²) < 4.78 is 34.1. The molecule has 1 aromatic heterocycles. The van der Waals surface area contributed by atoms with Gasteiger partial charge in [-0.2, -0.15) is 4.98 Å². The molecule has 1 fully saturated rings. The second kappa shape index (κ2) is 8.40. The Morgan fingerprint density at radius 3 is 2.64 bits per heavy atom. The molecule has 1 amide bonds. The molecule has 0 radical (unpaired) electrons. The molecular weight excluding hydrogens is 454 g/mol. The van der Waals surface area contributed by atoms with Crippen LogP contribution in [0.1, 0.15) is 36.9 Å². The van der Waals surface area contributed by atoms with E-state index in [1.165, 1.54) is 25.1 Å². The van der Waals surface area contributed by atoms with Crippen molar-refractivity contribution in [2.45, 2.75) is 31.2 Å². The van der Waals surface area contributed by atoms with Crippen molar-refractivity contribution < 1.29 is 18.3 Å². The van der Waals surface area contributed by atoms with E-state index in [-0.39, 0.29) is 41.7 Å². The first-order chi connectivity index (χ1) is 15.6. The Balaban J connectivity index is 1.83. The summed E-state index contributed by atoms with van der Waals surface area (Å²) in [5.41, 5.74) is 5.33. The number of nitrogens with zero attached hydrogens (tertiary/aromatic N) is 5. The Kier molecular flexibility index (Phi) is 5.90.